The van der Waals surface area contributed by atoms with Crippen LogP contribution in [0.1, 0.15) is 23.7 Å². The maximum Gasteiger partial charge on any atom is 0.341 e. The lowest BCUT2D eigenvalue weighted by atomic mass is 10.1. The molecule has 0 saturated heterocycles. The van der Waals surface area contributed by atoms with Crippen molar-refractivity contribution in [2.75, 3.05) is 12.4 Å². The molecule has 0 aliphatic rings. The third-order valence-corrected chi connectivity index (χ3v) is 5.51. The Hall–Kier alpha value is -3.85. The maximum atomic E-state index is 12.8. The van der Waals surface area contributed by atoms with Crippen LogP contribution in [0.15, 0.2) is 60.2 Å². The molecule has 2 aromatic carbocycles. The zero-order valence-corrected chi connectivity index (χ0v) is 18.3. The number of amides is 1. The van der Waals surface area contributed by atoms with Gasteiger partial charge in [0.25, 0.3) is 5.91 Å². The lowest BCUT2D eigenvalue weighted by Crippen LogP contribution is -2.32. The molecule has 1 N–H and O–H groups in total. The number of carbonyl (C=O) groups excluding carboxylic acids is 2. The summed E-state index contributed by atoms with van der Waals surface area (Å²) < 4.78 is 10.9. The van der Waals surface area contributed by atoms with Crippen LogP contribution in [-0.4, -0.2) is 40.0 Å². The molecule has 0 saturated carbocycles. The van der Waals surface area contributed by atoms with E-state index in [1.54, 1.807) is 38.4 Å². The Balaban J connectivity index is 1.48. The smallest absolute Gasteiger partial charge is 0.341 e. The summed E-state index contributed by atoms with van der Waals surface area (Å²) in [5, 5.41) is 4.97. The van der Waals surface area contributed by atoms with Crippen molar-refractivity contribution in [3.05, 3.63) is 65.8 Å². The number of hydrogen-bond acceptors (Lipinski definition) is 8. The molecule has 1 unspecified atom stereocenters. The van der Waals surface area contributed by atoms with Crippen molar-refractivity contribution in [3.63, 3.8) is 0 Å². The van der Waals surface area contributed by atoms with Crippen LogP contribution in [0.2, 0.25) is 0 Å². The van der Waals surface area contributed by atoms with Gasteiger partial charge in [-0.15, -0.1) is 11.3 Å². The van der Waals surface area contributed by atoms with Gasteiger partial charge < -0.3 is 9.47 Å². The third-order valence-electron chi connectivity index (χ3n) is 4.75. The molecule has 9 heteroatoms. The molecule has 32 heavy (non-hydrogen) atoms. The zero-order valence-electron chi connectivity index (χ0n) is 17.4. The minimum absolute atomic E-state index is 0.259. The standard InChI is InChI=1S/C23H20N4O4S/c1-3-18(31-22(29)15-8-6-9-16-20(15)25-12-11-24-16)21(28)27-23-26-17(13-32-23)14-7-4-5-10-19(14)30-2/h4-13,18H,3H2,1-2H3,(H,26,27,28). The second kappa shape index (κ2) is 9.52. The van der Waals surface area contributed by atoms with Crippen LogP contribution in [0.25, 0.3) is 22.3 Å². The van der Waals surface area contributed by atoms with E-state index < -0.39 is 18.0 Å². The van der Waals surface area contributed by atoms with Gasteiger partial charge in [0, 0.05) is 23.3 Å². The normalized spacial score (nSPS) is 11.7. The highest BCUT2D eigenvalue weighted by Crippen LogP contribution is 2.32. The fourth-order valence-corrected chi connectivity index (χ4v) is 3.88. The molecule has 0 fully saturated rings. The molecule has 162 valence electrons. The average molecular weight is 449 g/mol. The molecule has 0 bridgehead atoms. The fraction of sp³-hybridized carbons (Fsp3) is 0.174. The van der Waals surface area contributed by atoms with E-state index in [9.17, 15) is 9.59 Å². The van der Waals surface area contributed by atoms with Crippen LogP contribution in [0, 0.1) is 0 Å². The van der Waals surface area contributed by atoms with Crippen molar-refractivity contribution in [2.24, 2.45) is 0 Å². The molecule has 0 spiro atoms. The number of fused-ring (bicyclic) bond motifs is 1. The number of anilines is 1. The van der Waals surface area contributed by atoms with Gasteiger partial charge in [0.1, 0.15) is 11.3 Å². The van der Waals surface area contributed by atoms with Crippen LogP contribution in [0.4, 0.5) is 5.13 Å². The monoisotopic (exact) mass is 448 g/mol. The van der Waals surface area contributed by atoms with E-state index in [0.717, 1.165) is 5.56 Å². The molecular formula is C23H20N4O4S. The van der Waals surface area contributed by atoms with Gasteiger partial charge in [0.05, 0.1) is 23.9 Å². The molecule has 2 aromatic heterocycles. The largest absolute Gasteiger partial charge is 0.496 e. The van der Waals surface area contributed by atoms with E-state index in [-0.39, 0.29) is 5.56 Å². The van der Waals surface area contributed by atoms with Gasteiger partial charge in [-0.2, -0.15) is 0 Å². The summed E-state index contributed by atoms with van der Waals surface area (Å²) in [7, 11) is 1.59. The Morgan fingerprint density at radius 3 is 2.72 bits per heavy atom. The Morgan fingerprint density at radius 1 is 1.09 bits per heavy atom. The Bertz CT molecular complexity index is 1270. The van der Waals surface area contributed by atoms with E-state index in [2.05, 4.69) is 20.3 Å². The van der Waals surface area contributed by atoms with Crippen LogP contribution < -0.4 is 10.1 Å². The molecule has 1 amide bonds. The molecule has 0 aliphatic carbocycles. The van der Waals surface area contributed by atoms with Gasteiger partial charge in [0.15, 0.2) is 11.2 Å². The summed E-state index contributed by atoms with van der Waals surface area (Å²) in [4.78, 5) is 38.4. The number of thiazole rings is 1. The zero-order chi connectivity index (χ0) is 22.5. The predicted octanol–water partition coefficient (Wildman–Crippen LogP) is 4.34. The van der Waals surface area contributed by atoms with E-state index in [1.165, 1.54) is 17.5 Å². The van der Waals surface area contributed by atoms with Gasteiger partial charge in [-0.1, -0.05) is 25.1 Å². The number of methoxy groups -OCH3 is 1. The summed E-state index contributed by atoms with van der Waals surface area (Å²) in [6, 6.07) is 12.6. The van der Waals surface area contributed by atoms with Crippen molar-refractivity contribution < 1.29 is 19.1 Å². The van der Waals surface area contributed by atoms with Crippen molar-refractivity contribution in [1.82, 2.24) is 15.0 Å². The number of esters is 1. The van der Waals surface area contributed by atoms with Crippen LogP contribution in [0.3, 0.4) is 0 Å². The highest BCUT2D eigenvalue weighted by molar-refractivity contribution is 7.14. The van der Waals surface area contributed by atoms with Gasteiger partial charge in [-0.25, -0.2) is 9.78 Å². The van der Waals surface area contributed by atoms with Crippen molar-refractivity contribution >= 4 is 39.4 Å². The first-order valence-corrected chi connectivity index (χ1v) is 10.8. The number of rotatable bonds is 7. The van der Waals surface area contributed by atoms with Crippen LogP contribution in [0.5, 0.6) is 5.75 Å². The Morgan fingerprint density at radius 2 is 1.91 bits per heavy atom. The second-order valence-electron chi connectivity index (χ2n) is 6.76. The van der Waals surface area contributed by atoms with E-state index >= 15 is 0 Å². The molecule has 1 atom stereocenters. The van der Waals surface area contributed by atoms with E-state index in [4.69, 9.17) is 9.47 Å². The highest BCUT2D eigenvalue weighted by atomic mass is 32.1. The number of para-hydroxylation sites is 2. The van der Waals surface area contributed by atoms with Crippen molar-refractivity contribution in [1.29, 1.82) is 0 Å². The highest BCUT2D eigenvalue weighted by Gasteiger charge is 2.24. The number of hydrogen-bond donors (Lipinski definition) is 1. The SMILES string of the molecule is CCC(OC(=O)c1cccc2nccnc12)C(=O)Nc1nc(-c2ccccc2OC)cs1. The number of nitrogens with one attached hydrogen (secondary N) is 1. The van der Waals surface area contributed by atoms with Gasteiger partial charge in [0.2, 0.25) is 0 Å². The van der Waals surface area contributed by atoms with Crippen molar-refractivity contribution in [2.45, 2.75) is 19.4 Å². The summed E-state index contributed by atoms with van der Waals surface area (Å²) >= 11 is 1.28. The lowest BCUT2D eigenvalue weighted by Gasteiger charge is -2.15. The minimum atomic E-state index is -0.979. The Labute approximate surface area is 188 Å². The molecule has 4 rings (SSSR count). The number of benzene rings is 2. The first kappa shape index (κ1) is 21.4. The Kier molecular flexibility index (Phi) is 6.37. The molecule has 0 radical (unpaired) electrons. The quantitative estimate of drug-likeness (QED) is 0.420. The molecule has 4 aromatic rings. The molecule has 2 heterocycles. The number of ether oxygens (including phenoxy) is 2. The topological polar surface area (TPSA) is 103 Å². The number of carbonyl (C=O) groups is 2. The summed E-state index contributed by atoms with van der Waals surface area (Å²) in [5.74, 6) is -0.394. The second-order valence-corrected chi connectivity index (χ2v) is 7.62. The van der Waals surface area contributed by atoms with Crippen LogP contribution in [-0.2, 0) is 9.53 Å². The van der Waals surface area contributed by atoms with E-state index in [0.29, 0.717) is 34.0 Å². The van der Waals surface area contributed by atoms with Gasteiger partial charge >= 0.3 is 5.97 Å². The summed E-state index contributed by atoms with van der Waals surface area (Å²) in [6.45, 7) is 1.77. The van der Waals surface area contributed by atoms with Crippen LogP contribution >= 0.6 is 11.3 Å². The average Bonchev–Trinajstić information content (AvgIpc) is 3.30. The maximum absolute atomic E-state index is 12.8. The van der Waals surface area contributed by atoms with E-state index in [1.807, 2.05) is 29.6 Å². The van der Waals surface area contributed by atoms with Gasteiger partial charge in [-0.05, 0) is 30.7 Å². The summed E-state index contributed by atoms with van der Waals surface area (Å²) in [5.41, 5.74) is 2.77. The lowest BCUT2D eigenvalue weighted by molar-refractivity contribution is -0.124. The number of nitrogens with zero attached hydrogens (tertiary/aromatic N) is 3. The first-order valence-electron chi connectivity index (χ1n) is 9.91. The first-order chi connectivity index (χ1) is 15.6. The minimum Gasteiger partial charge on any atom is -0.496 e. The fourth-order valence-electron chi connectivity index (χ4n) is 3.17. The third kappa shape index (κ3) is 4.42. The molecule has 8 nitrogen and oxygen atoms in total. The van der Waals surface area contributed by atoms with Crippen molar-refractivity contribution in [3.8, 4) is 17.0 Å². The molecule has 0 aliphatic heterocycles. The predicted molar refractivity (Wildman–Crippen MR) is 122 cm³/mol. The van der Waals surface area contributed by atoms with Gasteiger partial charge in [-0.3, -0.25) is 20.1 Å². The number of aromatic nitrogens is 3. The molecular weight excluding hydrogens is 428 g/mol. The summed E-state index contributed by atoms with van der Waals surface area (Å²) in [6.07, 6.45) is 2.38.